The van der Waals surface area contributed by atoms with Crippen molar-refractivity contribution in [2.24, 2.45) is 0 Å². The highest BCUT2D eigenvalue weighted by atomic mass is 32.2. The summed E-state index contributed by atoms with van der Waals surface area (Å²) in [5.74, 6) is -1.04. The maximum Gasteiger partial charge on any atom is 0.295 e. The average Bonchev–Trinajstić information content (AvgIpc) is 2.78. The molecule has 0 saturated carbocycles. The van der Waals surface area contributed by atoms with E-state index >= 15 is 0 Å². The number of para-hydroxylation sites is 1. The minimum Gasteiger partial charge on any atom is -0.355 e. The summed E-state index contributed by atoms with van der Waals surface area (Å²) in [5, 5.41) is 13.9. The normalized spacial score (nSPS) is 11.3. The lowest BCUT2D eigenvalue weighted by atomic mass is 9.95. The summed E-state index contributed by atoms with van der Waals surface area (Å²) in [7, 11) is -4.80. The number of carbonyl (C=O) groups excluding carboxylic acids is 1. The van der Waals surface area contributed by atoms with Crippen LogP contribution in [-0.2, 0) is 10.1 Å². The smallest absolute Gasteiger partial charge is 0.295 e. The van der Waals surface area contributed by atoms with E-state index in [4.69, 9.17) is 5.21 Å². The van der Waals surface area contributed by atoms with Gasteiger partial charge in [-0.05, 0) is 35.2 Å². The van der Waals surface area contributed by atoms with Gasteiger partial charge in [-0.25, -0.2) is 5.48 Å². The zero-order chi connectivity index (χ0) is 22.0. The quantitative estimate of drug-likeness (QED) is 0.207. The summed E-state index contributed by atoms with van der Waals surface area (Å²) >= 11 is 0. The third-order valence-electron chi connectivity index (χ3n) is 4.87. The fourth-order valence-electron chi connectivity index (χ4n) is 3.61. The number of anilines is 2. The number of hydrogen-bond acceptors (Lipinski definition) is 5. The molecule has 4 N–H and O–H groups in total. The van der Waals surface area contributed by atoms with Crippen LogP contribution in [-0.4, -0.2) is 24.1 Å². The van der Waals surface area contributed by atoms with Crippen LogP contribution in [0.1, 0.15) is 10.4 Å². The van der Waals surface area contributed by atoms with Gasteiger partial charge in [0.05, 0.1) is 5.56 Å². The molecule has 4 aromatic rings. The monoisotopic (exact) mass is 434 g/mol. The summed E-state index contributed by atoms with van der Waals surface area (Å²) in [5.41, 5.74) is 3.25. The molecule has 8 heteroatoms. The number of amides is 1. The number of hydroxylamine groups is 1. The van der Waals surface area contributed by atoms with Crippen LogP contribution < -0.4 is 10.8 Å². The Balaban J connectivity index is 2.03. The molecule has 0 atom stereocenters. The van der Waals surface area contributed by atoms with Gasteiger partial charge in [-0.2, -0.15) is 8.42 Å². The van der Waals surface area contributed by atoms with E-state index in [9.17, 15) is 17.8 Å². The van der Waals surface area contributed by atoms with E-state index in [0.29, 0.717) is 10.9 Å². The lowest BCUT2D eigenvalue weighted by molar-refractivity contribution is 0.0702. The van der Waals surface area contributed by atoms with Crippen LogP contribution in [0.4, 0.5) is 11.4 Å². The standard InChI is InChI=1S/C23H18N2O5S/c26-23(25-27)19-13-6-12-18(22(19)31(28,29)30)17-11-4-7-15-8-5-14-20(21(15)17)24-16-9-2-1-3-10-16/h1-14,24,27H,(H,25,26)(H,28,29,30). The SMILES string of the molecule is O=C(NO)c1cccc(-c2cccc3cccc(Nc4ccccc4)c23)c1S(=O)(=O)O. The lowest BCUT2D eigenvalue weighted by Gasteiger charge is -2.17. The van der Waals surface area contributed by atoms with Crippen molar-refractivity contribution in [3.63, 3.8) is 0 Å². The molecule has 0 aliphatic heterocycles. The Hall–Kier alpha value is -3.72. The molecule has 0 radical (unpaired) electrons. The molecule has 0 bridgehead atoms. The molecule has 0 spiro atoms. The molecular formula is C23H18N2O5S. The van der Waals surface area contributed by atoms with Crippen LogP contribution in [0.5, 0.6) is 0 Å². The fraction of sp³-hybridized carbons (Fsp3) is 0. The minimum atomic E-state index is -4.80. The van der Waals surface area contributed by atoms with Gasteiger partial charge >= 0.3 is 0 Å². The van der Waals surface area contributed by atoms with Crippen molar-refractivity contribution in [2.75, 3.05) is 5.32 Å². The van der Waals surface area contributed by atoms with Gasteiger partial charge < -0.3 is 5.32 Å². The van der Waals surface area contributed by atoms with E-state index < -0.39 is 20.9 Å². The summed E-state index contributed by atoms with van der Waals surface area (Å²) in [6.07, 6.45) is 0. The predicted molar refractivity (Wildman–Crippen MR) is 118 cm³/mol. The number of benzene rings is 4. The van der Waals surface area contributed by atoms with Gasteiger partial charge in [0.2, 0.25) is 0 Å². The van der Waals surface area contributed by atoms with Gasteiger partial charge in [0, 0.05) is 22.3 Å². The molecule has 1 amide bonds. The second-order valence-electron chi connectivity index (χ2n) is 6.80. The first kappa shape index (κ1) is 20.5. The molecule has 0 heterocycles. The second kappa shape index (κ2) is 8.19. The Morgan fingerprint density at radius 3 is 2.10 bits per heavy atom. The van der Waals surface area contributed by atoms with Crippen molar-refractivity contribution in [1.82, 2.24) is 5.48 Å². The summed E-state index contributed by atoms with van der Waals surface area (Å²) < 4.78 is 34.4. The third-order valence-corrected chi connectivity index (χ3v) is 5.82. The molecule has 0 unspecified atom stereocenters. The van der Waals surface area contributed by atoms with Crippen molar-refractivity contribution in [3.05, 3.63) is 90.5 Å². The van der Waals surface area contributed by atoms with E-state index in [0.717, 1.165) is 16.8 Å². The second-order valence-corrected chi connectivity index (χ2v) is 8.16. The van der Waals surface area contributed by atoms with Crippen LogP contribution in [0, 0.1) is 0 Å². The first-order chi connectivity index (χ1) is 14.9. The average molecular weight is 434 g/mol. The van der Waals surface area contributed by atoms with Crippen LogP contribution in [0.3, 0.4) is 0 Å². The van der Waals surface area contributed by atoms with Crippen molar-refractivity contribution in [3.8, 4) is 11.1 Å². The molecule has 31 heavy (non-hydrogen) atoms. The van der Waals surface area contributed by atoms with Crippen LogP contribution >= 0.6 is 0 Å². The van der Waals surface area contributed by atoms with Crippen LogP contribution in [0.2, 0.25) is 0 Å². The highest BCUT2D eigenvalue weighted by molar-refractivity contribution is 7.86. The number of nitrogens with one attached hydrogen (secondary N) is 2. The number of carbonyl (C=O) groups is 1. The largest absolute Gasteiger partial charge is 0.355 e. The van der Waals surface area contributed by atoms with Gasteiger partial charge in [0.25, 0.3) is 16.0 Å². The zero-order valence-electron chi connectivity index (χ0n) is 16.1. The number of hydrogen-bond donors (Lipinski definition) is 4. The molecule has 156 valence electrons. The molecule has 0 fully saturated rings. The molecule has 0 aliphatic carbocycles. The topological polar surface area (TPSA) is 116 Å². The zero-order valence-corrected chi connectivity index (χ0v) is 16.9. The summed E-state index contributed by atoms with van der Waals surface area (Å²) in [6.45, 7) is 0. The number of rotatable bonds is 5. The van der Waals surface area contributed by atoms with Crippen molar-refractivity contribution >= 4 is 38.2 Å². The molecule has 0 aliphatic rings. The summed E-state index contributed by atoms with van der Waals surface area (Å²) in [4.78, 5) is 11.5. The Kier molecular flexibility index (Phi) is 5.43. The van der Waals surface area contributed by atoms with Gasteiger partial charge in [0.15, 0.2) is 0 Å². The van der Waals surface area contributed by atoms with Gasteiger partial charge in [-0.1, -0.05) is 60.7 Å². The maximum absolute atomic E-state index is 12.3. The Labute approximate surface area is 178 Å². The molecule has 7 nitrogen and oxygen atoms in total. The first-order valence-corrected chi connectivity index (χ1v) is 10.7. The molecule has 4 rings (SSSR count). The molecule has 0 aromatic heterocycles. The molecule has 0 saturated heterocycles. The van der Waals surface area contributed by atoms with E-state index in [1.807, 2.05) is 54.6 Å². The van der Waals surface area contributed by atoms with Crippen molar-refractivity contribution in [1.29, 1.82) is 0 Å². The minimum absolute atomic E-state index is 0.136. The Bertz CT molecular complexity index is 1380. The Morgan fingerprint density at radius 2 is 1.42 bits per heavy atom. The fourth-order valence-corrected chi connectivity index (χ4v) is 4.51. The maximum atomic E-state index is 12.3. The first-order valence-electron chi connectivity index (χ1n) is 9.29. The number of fused-ring (bicyclic) bond motifs is 1. The molecule has 4 aromatic carbocycles. The van der Waals surface area contributed by atoms with E-state index in [1.54, 1.807) is 12.1 Å². The van der Waals surface area contributed by atoms with Gasteiger partial charge in [-0.15, -0.1) is 0 Å². The van der Waals surface area contributed by atoms with Crippen LogP contribution in [0.25, 0.3) is 21.9 Å². The van der Waals surface area contributed by atoms with E-state index in [-0.39, 0.29) is 11.1 Å². The van der Waals surface area contributed by atoms with Gasteiger partial charge in [0.1, 0.15) is 4.90 Å². The van der Waals surface area contributed by atoms with E-state index in [2.05, 4.69) is 5.32 Å². The highest BCUT2D eigenvalue weighted by Crippen LogP contribution is 2.39. The summed E-state index contributed by atoms with van der Waals surface area (Å²) in [6, 6.07) is 24.7. The Morgan fingerprint density at radius 1 is 0.774 bits per heavy atom. The third kappa shape index (κ3) is 3.99. The lowest BCUT2D eigenvalue weighted by Crippen LogP contribution is -2.22. The highest BCUT2D eigenvalue weighted by Gasteiger charge is 2.26. The van der Waals surface area contributed by atoms with Gasteiger partial charge in [-0.3, -0.25) is 14.6 Å². The predicted octanol–water partition coefficient (Wildman–Crippen LogP) is 4.62. The van der Waals surface area contributed by atoms with Crippen molar-refractivity contribution in [2.45, 2.75) is 4.90 Å². The van der Waals surface area contributed by atoms with Crippen LogP contribution in [0.15, 0.2) is 89.8 Å². The van der Waals surface area contributed by atoms with E-state index in [1.165, 1.54) is 23.7 Å². The molecular weight excluding hydrogens is 416 g/mol. The van der Waals surface area contributed by atoms with Crippen molar-refractivity contribution < 1.29 is 23.0 Å².